The lowest BCUT2D eigenvalue weighted by atomic mass is 10.00. The summed E-state index contributed by atoms with van der Waals surface area (Å²) in [7, 11) is 0. The van der Waals surface area contributed by atoms with Gasteiger partial charge in [-0.25, -0.2) is 14.4 Å². The van der Waals surface area contributed by atoms with Gasteiger partial charge in [-0.15, -0.1) is 0 Å². The van der Waals surface area contributed by atoms with Crippen LogP contribution in [0.15, 0.2) is 30.9 Å². The standard InChI is InChI=1S/C14H14O6/c1-2-12(15)20-7-3-4-9-8-10(13(16)17)5-6-11(9)14(18)19/h2,5-6,8H,1,3-4,7H2,(H,16,17)(H,18,19). The summed E-state index contributed by atoms with van der Waals surface area (Å²) in [5.41, 5.74) is 0.463. The van der Waals surface area contributed by atoms with Gasteiger partial charge in [0.05, 0.1) is 17.7 Å². The number of carbonyl (C=O) groups excluding carboxylic acids is 1. The van der Waals surface area contributed by atoms with E-state index in [1.165, 1.54) is 18.2 Å². The number of rotatable bonds is 7. The fourth-order valence-corrected chi connectivity index (χ4v) is 1.64. The molecule has 0 aliphatic heterocycles. The van der Waals surface area contributed by atoms with Crippen molar-refractivity contribution in [3.8, 4) is 0 Å². The predicted molar refractivity (Wildman–Crippen MR) is 69.8 cm³/mol. The van der Waals surface area contributed by atoms with Crippen LogP contribution in [0.2, 0.25) is 0 Å². The number of hydrogen-bond acceptors (Lipinski definition) is 4. The molecule has 0 bridgehead atoms. The van der Waals surface area contributed by atoms with Crippen molar-refractivity contribution in [3.05, 3.63) is 47.5 Å². The first kappa shape index (κ1) is 15.4. The first-order chi connectivity index (χ1) is 9.45. The van der Waals surface area contributed by atoms with E-state index in [1.807, 2.05) is 0 Å². The minimum atomic E-state index is -1.12. The molecule has 0 aromatic heterocycles. The lowest BCUT2D eigenvalue weighted by molar-refractivity contribution is -0.137. The van der Waals surface area contributed by atoms with Gasteiger partial charge in [-0.2, -0.15) is 0 Å². The maximum absolute atomic E-state index is 11.0. The molecule has 0 saturated heterocycles. The zero-order valence-electron chi connectivity index (χ0n) is 10.7. The van der Waals surface area contributed by atoms with Gasteiger partial charge in [0.25, 0.3) is 0 Å². The van der Waals surface area contributed by atoms with E-state index in [1.54, 1.807) is 0 Å². The van der Waals surface area contributed by atoms with E-state index in [-0.39, 0.29) is 17.7 Å². The number of aromatic carboxylic acids is 2. The third-order valence-corrected chi connectivity index (χ3v) is 2.58. The number of carbonyl (C=O) groups is 3. The third-order valence-electron chi connectivity index (χ3n) is 2.58. The summed E-state index contributed by atoms with van der Waals surface area (Å²) in [6, 6.07) is 3.82. The summed E-state index contributed by atoms with van der Waals surface area (Å²) in [5.74, 6) is -2.80. The van der Waals surface area contributed by atoms with E-state index in [2.05, 4.69) is 6.58 Å². The minimum Gasteiger partial charge on any atom is -0.478 e. The largest absolute Gasteiger partial charge is 0.478 e. The second kappa shape index (κ2) is 7.08. The zero-order chi connectivity index (χ0) is 15.1. The molecule has 0 radical (unpaired) electrons. The molecular formula is C14H14O6. The molecule has 1 aromatic carbocycles. The predicted octanol–water partition coefficient (Wildman–Crippen LogP) is 1.74. The quantitative estimate of drug-likeness (QED) is 0.447. The molecule has 1 aromatic rings. The molecule has 0 amide bonds. The Bertz CT molecular complexity index is 547. The summed E-state index contributed by atoms with van der Waals surface area (Å²) in [6.45, 7) is 3.36. The highest BCUT2D eigenvalue weighted by molar-refractivity contribution is 5.93. The lowest BCUT2D eigenvalue weighted by Gasteiger charge is -2.07. The van der Waals surface area contributed by atoms with Gasteiger partial charge in [0.15, 0.2) is 0 Å². The highest BCUT2D eigenvalue weighted by Crippen LogP contribution is 2.15. The Hall–Kier alpha value is -2.63. The Kier molecular flexibility index (Phi) is 5.46. The average molecular weight is 278 g/mol. The molecule has 6 heteroatoms. The summed E-state index contributed by atoms with van der Waals surface area (Å²) < 4.78 is 4.77. The monoisotopic (exact) mass is 278 g/mol. The van der Waals surface area contributed by atoms with E-state index in [0.29, 0.717) is 18.4 Å². The average Bonchev–Trinajstić information content (AvgIpc) is 2.42. The van der Waals surface area contributed by atoms with E-state index in [4.69, 9.17) is 14.9 Å². The third kappa shape index (κ3) is 4.24. The van der Waals surface area contributed by atoms with Crippen LogP contribution >= 0.6 is 0 Å². The number of benzene rings is 1. The minimum absolute atomic E-state index is 0.0214. The SMILES string of the molecule is C=CC(=O)OCCCc1cc(C(=O)O)ccc1C(=O)O. The van der Waals surface area contributed by atoms with Crippen LogP contribution in [0.1, 0.15) is 32.7 Å². The highest BCUT2D eigenvalue weighted by atomic mass is 16.5. The van der Waals surface area contributed by atoms with Gasteiger partial charge in [0, 0.05) is 6.08 Å². The van der Waals surface area contributed by atoms with Crippen LogP contribution in [-0.2, 0) is 16.0 Å². The number of aryl methyl sites for hydroxylation is 1. The van der Waals surface area contributed by atoms with Gasteiger partial charge < -0.3 is 14.9 Å². The first-order valence-electron chi connectivity index (χ1n) is 5.84. The molecular weight excluding hydrogens is 264 g/mol. The van der Waals surface area contributed by atoms with Gasteiger partial charge in [0.1, 0.15) is 0 Å². The molecule has 20 heavy (non-hydrogen) atoms. The molecule has 0 saturated carbocycles. The molecule has 2 N–H and O–H groups in total. The van der Waals surface area contributed by atoms with Crippen molar-refractivity contribution in [3.63, 3.8) is 0 Å². The molecule has 6 nitrogen and oxygen atoms in total. The van der Waals surface area contributed by atoms with Crippen molar-refractivity contribution < 1.29 is 29.3 Å². The molecule has 0 unspecified atom stereocenters. The first-order valence-corrected chi connectivity index (χ1v) is 5.84. The normalized spacial score (nSPS) is 9.80. The molecule has 0 spiro atoms. The maximum Gasteiger partial charge on any atom is 0.335 e. The van der Waals surface area contributed by atoms with Gasteiger partial charge in [-0.3, -0.25) is 0 Å². The van der Waals surface area contributed by atoms with E-state index in [9.17, 15) is 14.4 Å². The Labute approximate surface area is 115 Å². The van der Waals surface area contributed by atoms with Crippen LogP contribution in [0.5, 0.6) is 0 Å². The zero-order valence-corrected chi connectivity index (χ0v) is 10.7. The van der Waals surface area contributed by atoms with Crippen molar-refractivity contribution >= 4 is 17.9 Å². The molecule has 0 aliphatic carbocycles. The maximum atomic E-state index is 11.0. The van der Waals surface area contributed by atoms with Crippen LogP contribution in [0.25, 0.3) is 0 Å². The van der Waals surface area contributed by atoms with Crippen molar-refractivity contribution in [1.29, 1.82) is 0 Å². The van der Waals surface area contributed by atoms with E-state index in [0.717, 1.165) is 6.08 Å². The molecule has 106 valence electrons. The van der Waals surface area contributed by atoms with Crippen LogP contribution in [0.4, 0.5) is 0 Å². The van der Waals surface area contributed by atoms with Crippen molar-refractivity contribution in [1.82, 2.24) is 0 Å². The number of hydrogen-bond donors (Lipinski definition) is 2. The molecule has 0 fully saturated rings. The number of esters is 1. The van der Waals surface area contributed by atoms with Gasteiger partial charge >= 0.3 is 17.9 Å². The summed E-state index contributed by atoms with van der Waals surface area (Å²) in [6.07, 6.45) is 1.73. The Morgan fingerprint density at radius 2 is 1.90 bits per heavy atom. The van der Waals surface area contributed by atoms with E-state index >= 15 is 0 Å². The Balaban J connectivity index is 2.77. The van der Waals surface area contributed by atoms with Crippen molar-refractivity contribution in [2.75, 3.05) is 6.61 Å². The molecule has 0 heterocycles. The summed E-state index contributed by atoms with van der Waals surface area (Å²) >= 11 is 0. The lowest BCUT2D eigenvalue weighted by Crippen LogP contribution is -2.08. The van der Waals surface area contributed by atoms with Crippen LogP contribution in [0.3, 0.4) is 0 Å². The molecule has 0 atom stereocenters. The fourth-order valence-electron chi connectivity index (χ4n) is 1.64. The highest BCUT2D eigenvalue weighted by Gasteiger charge is 2.13. The van der Waals surface area contributed by atoms with Crippen molar-refractivity contribution in [2.24, 2.45) is 0 Å². The molecule has 1 rings (SSSR count). The fraction of sp³-hybridized carbons (Fsp3) is 0.214. The summed E-state index contributed by atoms with van der Waals surface area (Å²) in [4.78, 5) is 32.7. The smallest absolute Gasteiger partial charge is 0.335 e. The van der Waals surface area contributed by atoms with Crippen LogP contribution in [0, 0.1) is 0 Å². The number of carboxylic acid groups (broad SMARTS) is 2. The van der Waals surface area contributed by atoms with Gasteiger partial charge in [0.2, 0.25) is 0 Å². The Morgan fingerprint density at radius 3 is 2.45 bits per heavy atom. The van der Waals surface area contributed by atoms with Crippen molar-refractivity contribution in [2.45, 2.75) is 12.8 Å². The summed E-state index contributed by atoms with van der Waals surface area (Å²) in [5, 5.41) is 17.9. The molecule has 0 aliphatic rings. The topological polar surface area (TPSA) is 101 Å². The van der Waals surface area contributed by atoms with E-state index < -0.39 is 17.9 Å². The second-order valence-corrected chi connectivity index (χ2v) is 3.96. The van der Waals surface area contributed by atoms with Gasteiger partial charge in [-0.05, 0) is 36.6 Å². The second-order valence-electron chi connectivity index (χ2n) is 3.96. The van der Waals surface area contributed by atoms with Crippen LogP contribution in [-0.4, -0.2) is 34.7 Å². The Morgan fingerprint density at radius 1 is 1.20 bits per heavy atom. The number of ether oxygens (including phenoxy) is 1. The number of carboxylic acids is 2. The van der Waals surface area contributed by atoms with Gasteiger partial charge in [-0.1, -0.05) is 6.58 Å². The van der Waals surface area contributed by atoms with Crippen LogP contribution < -0.4 is 0 Å².